The predicted molar refractivity (Wildman–Crippen MR) is 73.9 cm³/mol. The molecule has 0 heterocycles. The summed E-state index contributed by atoms with van der Waals surface area (Å²) >= 11 is 0. The fourth-order valence-corrected chi connectivity index (χ4v) is 1.89. The first-order valence-electron chi connectivity index (χ1n) is 5.98. The van der Waals surface area contributed by atoms with Crippen LogP contribution in [0, 0.1) is 18.2 Å². The van der Waals surface area contributed by atoms with Crippen molar-refractivity contribution in [3.8, 4) is 23.5 Å². The molecular formula is C17H15F. The molecule has 0 fully saturated rings. The fourth-order valence-electron chi connectivity index (χ4n) is 1.89. The average molecular weight is 238 g/mol. The van der Waals surface area contributed by atoms with Gasteiger partial charge in [0.25, 0.3) is 0 Å². The van der Waals surface area contributed by atoms with E-state index in [1.54, 1.807) is 12.1 Å². The quantitative estimate of drug-likeness (QED) is 0.671. The molecule has 2 rings (SSSR count). The van der Waals surface area contributed by atoms with Crippen LogP contribution in [0.15, 0.2) is 42.5 Å². The minimum absolute atomic E-state index is 0.308. The number of benzene rings is 2. The lowest BCUT2D eigenvalue weighted by atomic mass is 9.96. The Labute approximate surface area is 107 Å². The van der Waals surface area contributed by atoms with Gasteiger partial charge in [-0.2, -0.15) is 0 Å². The second kappa shape index (κ2) is 5.06. The standard InChI is InChI=1S/C17H15F/c1-4-13-10-16(8-9-17(13)18)15-7-5-6-14(11-15)12(2)3/h1,5-12H,2-3H3. The molecule has 0 aliphatic heterocycles. The highest BCUT2D eigenvalue weighted by molar-refractivity contribution is 5.66. The number of rotatable bonds is 2. The van der Waals surface area contributed by atoms with Crippen molar-refractivity contribution in [1.29, 1.82) is 0 Å². The van der Waals surface area contributed by atoms with Gasteiger partial charge in [-0.1, -0.05) is 50.1 Å². The van der Waals surface area contributed by atoms with Crippen molar-refractivity contribution in [2.45, 2.75) is 19.8 Å². The topological polar surface area (TPSA) is 0 Å². The summed E-state index contributed by atoms with van der Waals surface area (Å²) in [7, 11) is 0. The molecule has 90 valence electrons. The van der Waals surface area contributed by atoms with Crippen LogP contribution in [0.1, 0.15) is 30.9 Å². The van der Waals surface area contributed by atoms with Crippen LogP contribution in [0.5, 0.6) is 0 Å². The van der Waals surface area contributed by atoms with Gasteiger partial charge in [-0.3, -0.25) is 0 Å². The van der Waals surface area contributed by atoms with Gasteiger partial charge >= 0.3 is 0 Å². The molecule has 2 aromatic carbocycles. The second-order valence-electron chi connectivity index (χ2n) is 4.62. The number of hydrogen-bond acceptors (Lipinski definition) is 0. The summed E-state index contributed by atoms with van der Waals surface area (Å²) < 4.78 is 13.4. The van der Waals surface area contributed by atoms with Crippen LogP contribution >= 0.6 is 0 Å². The summed E-state index contributed by atoms with van der Waals surface area (Å²) in [6.45, 7) is 4.30. The van der Waals surface area contributed by atoms with E-state index < -0.39 is 0 Å². The summed E-state index contributed by atoms with van der Waals surface area (Å²) in [6.07, 6.45) is 5.29. The zero-order chi connectivity index (χ0) is 13.1. The van der Waals surface area contributed by atoms with Crippen molar-refractivity contribution in [2.75, 3.05) is 0 Å². The van der Waals surface area contributed by atoms with E-state index >= 15 is 0 Å². The maximum absolute atomic E-state index is 13.4. The maximum atomic E-state index is 13.4. The molecular weight excluding hydrogens is 223 g/mol. The summed E-state index contributed by atoms with van der Waals surface area (Å²) in [5.74, 6) is 2.49. The lowest BCUT2D eigenvalue weighted by Gasteiger charge is -2.09. The molecule has 0 bridgehead atoms. The monoisotopic (exact) mass is 238 g/mol. The van der Waals surface area contributed by atoms with E-state index in [0.29, 0.717) is 11.5 Å². The van der Waals surface area contributed by atoms with Crippen molar-refractivity contribution in [3.63, 3.8) is 0 Å². The summed E-state index contributed by atoms with van der Waals surface area (Å²) in [4.78, 5) is 0. The van der Waals surface area contributed by atoms with Gasteiger partial charge in [0.05, 0.1) is 5.56 Å². The molecule has 0 aliphatic carbocycles. The van der Waals surface area contributed by atoms with E-state index in [-0.39, 0.29) is 5.82 Å². The maximum Gasteiger partial charge on any atom is 0.138 e. The highest BCUT2D eigenvalue weighted by atomic mass is 19.1. The number of terminal acetylenes is 1. The first-order chi connectivity index (χ1) is 8.61. The Hall–Kier alpha value is -2.07. The summed E-state index contributed by atoms with van der Waals surface area (Å²) in [5, 5.41) is 0. The highest BCUT2D eigenvalue weighted by Crippen LogP contribution is 2.25. The zero-order valence-electron chi connectivity index (χ0n) is 10.6. The van der Waals surface area contributed by atoms with Gasteiger partial charge in [0.2, 0.25) is 0 Å². The molecule has 18 heavy (non-hydrogen) atoms. The van der Waals surface area contributed by atoms with Gasteiger partial charge < -0.3 is 0 Å². The van der Waals surface area contributed by atoms with Gasteiger partial charge in [0.1, 0.15) is 5.82 Å². The van der Waals surface area contributed by atoms with Crippen LogP contribution in [-0.4, -0.2) is 0 Å². The Morgan fingerprint density at radius 2 is 1.78 bits per heavy atom. The third-order valence-corrected chi connectivity index (χ3v) is 3.01. The fraction of sp³-hybridized carbons (Fsp3) is 0.176. The molecule has 1 heteroatoms. The van der Waals surface area contributed by atoms with Crippen LogP contribution in [0.4, 0.5) is 4.39 Å². The lowest BCUT2D eigenvalue weighted by molar-refractivity contribution is 0.624. The average Bonchev–Trinajstić information content (AvgIpc) is 2.39. The predicted octanol–water partition coefficient (Wildman–Crippen LogP) is 4.60. The minimum Gasteiger partial charge on any atom is -0.206 e. The molecule has 0 unspecified atom stereocenters. The molecule has 0 saturated carbocycles. The number of halogens is 1. The third-order valence-electron chi connectivity index (χ3n) is 3.01. The van der Waals surface area contributed by atoms with Gasteiger partial charge in [-0.15, -0.1) is 6.42 Å². The van der Waals surface area contributed by atoms with Gasteiger partial charge in [-0.05, 0) is 34.7 Å². The van der Waals surface area contributed by atoms with Crippen molar-refractivity contribution in [1.82, 2.24) is 0 Å². The van der Waals surface area contributed by atoms with Crippen molar-refractivity contribution < 1.29 is 4.39 Å². The van der Waals surface area contributed by atoms with Crippen LogP contribution < -0.4 is 0 Å². The first kappa shape index (κ1) is 12.4. The minimum atomic E-state index is -0.346. The SMILES string of the molecule is C#Cc1cc(-c2cccc(C(C)C)c2)ccc1F. The lowest BCUT2D eigenvalue weighted by Crippen LogP contribution is -1.89. The van der Waals surface area contributed by atoms with Crippen LogP contribution in [-0.2, 0) is 0 Å². The normalized spacial score (nSPS) is 10.4. The molecule has 0 aliphatic rings. The van der Waals surface area contributed by atoms with E-state index in [9.17, 15) is 4.39 Å². The summed E-state index contributed by atoms with van der Waals surface area (Å²) in [5.41, 5.74) is 3.59. The largest absolute Gasteiger partial charge is 0.206 e. The second-order valence-corrected chi connectivity index (χ2v) is 4.62. The molecule has 0 atom stereocenters. The Morgan fingerprint density at radius 1 is 1.06 bits per heavy atom. The van der Waals surface area contributed by atoms with E-state index in [4.69, 9.17) is 6.42 Å². The van der Waals surface area contributed by atoms with Gasteiger partial charge in [0, 0.05) is 0 Å². The van der Waals surface area contributed by atoms with Crippen LogP contribution in [0.25, 0.3) is 11.1 Å². The summed E-state index contributed by atoms with van der Waals surface area (Å²) in [6, 6.07) is 13.2. The third kappa shape index (κ3) is 2.43. The van der Waals surface area contributed by atoms with E-state index in [2.05, 4.69) is 31.9 Å². The first-order valence-corrected chi connectivity index (χ1v) is 5.98. The van der Waals surface area contributed by atoms with Crippen molar-refractivity contribution >= 4 is 0 Å². The molecule has 0 aromatic heterocycles. The van der Waals surface area contributed by atoms with Crippen molar-refractivity contribution in [2.24, 2.45) is 0 Å². The molecule has 0 N–H and O–H groups in total. The van der Waals surface area contributed by atoms with E-state index in [1.807, 2.05) is 12.1 Å². The molecule has 0 saturated heterocycles. The van der Waals surface area contributed by atoms with Crippen LogP contribution in [0.3, 0.4) is 0 Å². The molecule has 0 radical (unpaired) electrons. The smallest absolute Gasteiger partial charge is 0.138 e. The molecule has 0 spiro atoms. The Kier molecular flexibility index (Phi) is 3.48. The number of hydrogen-bond donors (Lipinski definition) is 0. The van der Waals surface area contributed by atoms with Crippen LogP contribution in [0.2, 0.25) is 0 Å². The zero-order valence-corrected chi connectivity index (χ0v) is 10.6. The molecule has 0 nitrogen and oxygen atoms in total. The molecule has 2 aromatic rings. The molecule has 0 amide bonds. The van der Waals surface area contributed by atoms with E-state index in [0.717, 1.165) is 11.1 Å². The Bertz CT molecular complexity index is 603. The Morgan fingerprint density at radius 3 is 2.44 bits per heavy atom. The highest BCUT2D eigenvalue weighted by Gasteiger charge is 2.05. The van der Waals surface area contributed by atoms with E-state index in [1.165, 1.54) is 11.6 Å². The van der Waals surface area contributed by atoms with Crippen molar-refractivity contribution in [3.05, 3.63) is 59.4 Å². The van der Waals surface area contributed by atoms with Gasteiger partial charge in [-0.25, -0.2) is 4.39 Å². The van der Waals surface area contributed by atoms with Gasteiger partial charge in [0.15, 0.2) is 0 Å². The Balaban J connectivity index is 2.49.